The number of benzene rings is 2. The molecule has 5 rings (SSSR count). The summed E-state index contributed by atoms with van der Waals surface area (Å²) < 4.78 is 22.5. The van der Waals surface area contributed by atoms with E-state index in [1.165, 1.54) is 19.2 Å². The van der Waals surface area contributed by atoms with Gasteiger partial charge in [-0.15, -0.1) is 0 Å². The first-order chi connectivity index (χ1) is 15.7. The molecule has 0 saturated carbocycles. The van der Waals surface area contributed by atoms with Gasteiger partial charge in [0.1, 0.15) is 24.9 Å². The highest BCUT2D eigenvalue weighted by atomic mass is 16.7. The molecule has 3 aromatic rings. The second kappa shape index (κ2) is 9.05. The normalized spacial score (nSPS) is 16.3. The fourth-order valence-corrected chi connectivity index (χ4v) is 4.09. The summed E-state index contributed by atoms with van der Waals surface area (Å²) in [5.74, 6) is 3.02. The predicted octanol–water partition coefficient (Wildman–Crippen LogP) is 2.95. The maximum atomic E-state index is 10.4. The molecule has 0 aliphatic carbocycles. The van der Waals surface area contributed by atoms with Gasteiger partial charge in [-0.1, -0.05) is 6.07 Å². The van der Waals surface area contributed by atoms with Crippen LogP contribution in [0.15, 0.2) is 36.7 Å². The van der Waals surface area contributed by atoms with E-state index in [0.29, 0.717) is 40.9 Å². The third kappa shape index (κ3) is 4.21. The molecule has 1 atom stereocenters. The first-order valence-electron chi connectivity index (χ1n) is 10.7. The zero-order chi connectivity index (χ0) is 21.9. The van der Waals surface area contributed by atoms with Gasteiger partial charge in [0.05, 0.1) is 18.3 Å². The highest BCUT2D eigenvalue weighted by Crippen LogP contribution is 2.41. The smallest absolute Gasteiger partial charge is 0.231 e. The fourth-order valence-electron chi connectivity index (χ4n) is 4.09. The molecule has 0 radical (unpaired) electrons. The van der Waals surface area contributed by atoms with Crippen molar-refractivity contribution in [1.82, 2.24) is 14.9 Å². The van der Waals surface area contributed by atoms with Crippen LogP contribution in [0.2, 0.25) is 0 Å². The van der Waals surface area contributed by atoms with Crippen LogP contribution in [0.5, 0.6) is 23.0 Å². The van der Waals surface area contributed by atoms with Crippen molar-refractivity contribution in [3.8, 4) is 23.0 Å². The minimum Gasteiger partial charge on any atom is -0.493 e. The molecule has 0 unspecified atom stereocenters. The SMILES string of the molecule is COc1cc2c(Nc3cccc4c3OCO4)ncnc2cc1OC[C@H](O)CN1CCCC1. The topological polar surface area (TPSA) is 98.2 Å². The van der Waals surface area contributed by atoms with Crippen LogP contribution >= 0.6 is 0 Å². The summed E-state index contributed by atoms with van der Waals surface area (Å²) in [6.07, 6.45) is 3.29. The molecular weight excluding hydrogens is 412 g/mol. The summed E-state index contributed by atoms with van der Waals surface area (Å²) in [7, 11) is 1.58. The van der Waals surface area contributed by atoms with Crippen LogP contribution in [-0.4, -0.2) is 66.2 Å². The van der Waals surface area contributed by atoms with Crippen molar-refractivity contribution < 1.29 is 24.1 Å². The summed E-state index contributed by atoms with van der Waals surface area (Å²) >= 11 is 0. The summed E-state index contributed by atoms with van der Waals surface area (Å²) in [6.45, 7) is 3.05. The van der Waals surface area contributed by atoms with Gasteiger partial charge in [-0.3, -0.25) is 0 Å². The number of aliphatic hydroxyl groups is 1. The van der Waals surface area contributed by atoms with Gasteiger partial charge in [-0.25, -0.2) is 9.97 Å². The molecule has 1 saturated heterocycles. The summed E-state index contributed by atoms with van der Waals surface area (Å²) in [4.78, 5) is 11.0. The van der Waals surface area contributed by atoms with Gasteiger partial charge in [0.25, 0.3) is 0 Å². The Labute approximate surface area is 185 Å². The van der Waals surface area contributed by atoms with E-state index >= 15 is 0 Å². The number of ether oxygens (including phenoxy) is 4. The van der Waals surface area contributed by atoms with Gasteiger partial charge in [-0.2, -0.15) is 0 Å². The summed E-state index contributed by atoms with van der Waals surface area (Å²) in [6, 6.07) is 9.28. The molecule has 0 amide bonds. The van der Waals surface area contributed by atoms with Crippen LogP contribution in [0.4, 0.5) is 11.5 Å². The number of anilines is 2. The molecule has 0 spiro atoms. The molecule has 9 heteroatoms. The van der Waals surface area contributed by atoms with E-state index in [0.717, 1.165) is 24.2 Å². The second-order valence-corrected chi connectivity index (χ2v) is 7.88. The first kappa shape index (κ1) is 20.6. The molecule has 1 fully saturated rings. The highest BCUT2D eigenvalue weighted by molar-refractivity contribution is 5.93. The zero-order valence-corrected chi connectivity index (χ0v) is 17.9. The Hall–Kier alpha value is -3.30. The third-order valence-corrected chi connectivity index (χ3v) is 5.67. The molecule has 1 aromatic heterocycles. The van der Waals surface area contributed by atoms with Gasteiger partial charge in [0.2, 0.25) is 6.79 Å². The quantitative estimate of drug-likeness (QED) is 0.550. The lowest BCUT2D eigenvalue weighted by Gasteiger charge is -2.20. The minimum absolute atomic E-state index is 0.183. The number of aromatic nitrogens is 2. The van der Waals surface area contributed by atoms with Gasteiger partial charge >= 0.3 is 0 Å². The minimum atomic E-state index is -0.571. The molecular formula is C23H26N4O5. The first-order valence-corrected chi connectivity index (χ1v) is 10.7. The fraction of sp³-hybridized carbons (Fsp3) is 0.391. The molecule has 2 aliphatic heterocycles. The van der Waals surface area contributed by atoms with E-state index in [1.54, 1.807) is 13.2 Å². The maximum absolute atomic E-state index is 10.4. The van der Waals surface area contributed by atoms with Crippen molar-refractivity contribution in [1.29, 1.82) is 0 Å². The van der Waals surface area contributed by atoms with Crippen molar-refractivity contribution in [2.45, 2.75) is 18.9 Å². The number of para-hydroxylation sites is 1. The molecule has 0 bridgehead atoms. The van der Waals surface area contributed by atoms with Crippen LogP contribution in [0.25, 0.3) is 10.9 Å². The average molecular weight is 438 g/mol. The second-order valence-electron chi connectivity index (χ2n) is 7.88. The zero-order valence-electron chi connectivity index (χ0n) is 17.9. The third-order valence-electron chi connectivity index (χ3n) is 5.67. The lowest BCUT2D eigenvalue weighted by atomic mass is 10.2. The molecule has 2 N–H and O–H groups in total. The maximum Gasteiger partial charge on any atom is 0.231 e. The molecule has 32 heavy (non-hydrogen) atoms. The number of rotatable bonds is 8. The summed E-state index contributed by atoms with van der Waals surface area (Å²) in [5.41, 5.74) is 1.45. The molecule has 3 heterocycles. The van der Waals surface area contributed by atoms with E-state index in [1.807, 2.05) is 24.3 Å². The standard InChI is InChI=1S/C23H26N4O5/c1-29-20-9-16-18(10-21(20)30-12-15(28)11-27-7-2-3-8-27)24-13-25-23(16)26-17-5-4-6-19-22(17)32-14-31-19/h4-6,9-10,13,15,28H,2-3,7-8,11-12,14H2,1H3,(H,24,25,26)/t15-/m1/s1. The number of aliphatic hydroxyl groups excluding tert-OH is 1. The Kier molecular flexibility index (Phi) is 5.83. The number of nitrogens with zero attached hydrogens (tertiary/aromatic N) is 3. The summed E-state index contributed by atoms with van der Waals surface area (Å²) in [5, 5.41) is 14.4. The number of nitrogens with one attached hydrogen (secondary N) is 1. The lowest BCUT2D eigenvalue weighted by Crippen LogP contribution is -2.33. The van der Waals surface area contributed by atoms with E-state index < -0.39 is 6.10 Å². The van der Waals surface area contributed by atoms with Crippen molar-refractivity contribution in [2.24, 2.45) is 0 Å². The number of methoxy groups -OCH3 is 1. The molecule has 2 aromatic carbocycles. The van der Waals surface area contributed by atoms with Crippen molar-refractivity contribution in [3.63, 3.8) is 0 Å². The Morgan fingerprint density at radius 3 is 2.88 bits per heavy atom. The number of likely N-dealkylation sites (tertiary alicyclic amines) is 1. The van der Waals surface area contributed by atoms with Crippen molar-refractivity contribution >= 4 is 22.4 Å². The van der Waals surface area contributed by atoms with Crippen LogP contribution in [0.3, 0.4) is 0 Å². The van der Waals surface area contributed by atoms with Crippen LogP contribution in [0.1, 0.15) is 12.8 Å². The van der Waals surface area contributed by atoms with Crippen LogP contribution in [0, 0.1) is 0 Å². The number of hydrogen-bond donors (Lipinski definition) is 2. The molecule has 168 valence electrons. The monoisotopic (exact) mass is 438 g/mol. The van der Waals surface area contributed by atoms with Gasteiger partial charge < -0.3 is 34.3 Å². The van der Waals surface area contributed by atoms with Crippen molar-refractivity contribution in [3.05, 3.63) is 36.7 Å². The predicted molar refractivity (Wildman–Crippen MR) is 119 cm³/mol. The van der Waals surface area contributed by atoms with E-state index in [2.05, 4.69) is 20.2 Å². The Bertz CT molecular complexity index is 1100. The Morgan fingerprint density at radius 1 is 1.16 bits per heavy atom. The van der Waals surface area contributed by atoms with E-state index in [-0.39, 0.29) is 13.4 Å². The Balaban J connectivity index is 1.37. The average Bonchev–Trinajstić information content (AvgIpc) is 3.50. The molecule has 9 nitrogen and oxygen atoms in total. The lowest BCUT2D eigenvalue weighted by molar-refractivity contribution is 0.0747. The van der Waals surface area contributed by atoms with Crippen LogP contribution < -0.4 is 24.3 Å². The Morgan fingerprint density at radius 2 is 2.03 bits per heavy atom. The van der Waals surface area contributed by atoms with E-state index in [9.17, 15) is 5.11 Å². The van der Waals surface area contributed by atoms with Crippen LogP contribution in [-0.2, 0) is 0 Å². The largest absolute Gasteiger partial charge is 0.493 e. The van der Waals surface area contributed by atoms with Gasteiger partial charge in [0.15, 0.2) is 23.0 Å². The number of β-amino-alcohol motifs (C(OH)–C–C–N with tert-alkyl or cyclic N) is 1. The van der Waals surface area contributed by atoms with Crippen molar-refractivity contribution in [2.75, 3.05) is 45.5 Å². The van der Waals surface area contributed by atoms with E-state index in [4.69, 9.17) is 18.9 Å². The highest BCUT2D eigenvalue weighted by Gasteiger charge is 2.20. The number of hydrogen-bond acceptors (Lipinski definition) is 9. The van der Waals surface area contributed by atoms with Gasteiger partial charge in [0, 0.05) is 18.0 Å². The van der Waals surface area contributed by atoms with Gasteiger partial charge in [-0.05, 0) is 44.1 Å². The molecule has 2 aliphatic rings. The number of fused-ring (bicyclic) bond motifs is 2.